The number of fused-ring (bicyclic) bond motifs is 10. The Bertz CT molecular complexity index is 3050. The van der Waals surface area contributed by atoms with Crippen molar-refractivity contribution >= 4 is 71.0 Å². The summed E-state index contributed by atoms with van der Waals surface area (Å²) in [5.41, 5.74) is 7.21. The first-order valence-corrected chi connectivity index (χ1v) is 26.4. The maximum absolute atomic E-state index is 16.6. The molecule has 0 radical (unpaired) electrons. The molecule has 12 rings (SSSR count). The molecule has 9 aromatic rings. The van der Waals surface area contributed by atoms with Crippen molar-refractivity contribution in [1.29, 1.82) is 0 Å². The third kappa shape index (κ3) is 4.65. The fourth-order valence-electron chi connectivity index (χ4n) is 10.8. The van der Waals surface area contributed by atoms with E-state index in [1.165, 1.54) is 28.7 Å². The van der Waals surface area contributed by atoms with Gasteiger partial charge in [-0.1, -0.05) is 0 Å². The van der Waals surface area contributed by atoms with Crippen LogP contribution in [-0.2, 0) is 9.98 Å². The molecule has 3 aliphatic rings. The van der Waals surface area contributed by atoms with Gasteiger partial charge in [0, 0.05) is 0 Å². The van der Waals surface area contributed by atoms with Crippen LogP contribution in [0.3, 0.4) is 0 Å². The molecule has 0 bridgehead atoms. The summed E-state index contributed by atoms with van der Waals surface area (Å²) >= 11 is -3.94. The number of anilines is 3. The van der Waals surface area contributed by atoms with Gasteiger partial charge < -0.3 is 0 Å². The first-order chi connectivity index (χ1) is 29.7. The minimum atomic E-state index is -3.94. The Kier molecular flexibility index (Phi) is 7.91. The minimum absolute atomic E-state index is 0.638. The molecule has 0 saturated carbocycles. The van der Waals surface area contributed by atoms with Crippen molar-refractivity contribution in [3.05, 3.63) is 253 Å². The molecule has 5 heteroatoms. The van der Waals surface area contributed by atoms with Gasteiger partial charge in [0.2, 0.25) is 0 Å². The molecule has 0 fully saturated rings. The summed E-state index contributed by atoms with van der Waals surface area (Å²) in [6.07, 6.45) is 0. The van der Waals surface area contributed by atoms with Crippen molar-refractivity contribution in [2.45, 2.75) is 5.41 Å². The average molecular weight is 848 g/mol. The third-order valence-corrected chi connectivity index (χ3v) is 27.3. The fourth-order valence-corrected chi connectivity index (χ4v) is 27.6. The number of rotatable bonds is 4. The summed E-state index contributed by atoms with van der Waals surface area (Å²) in [5.74, 6) is 1.73. The summed E-state index contributed by atoms with van der Waals surface area (Å²) in [6.45, 7) is 0. The zero-order valence-electron chi connectivity index (χ0n) is 32.7. The van der Waals surface area contributed by atoms with Crippen molar-refractivity contribution < 1.29 is 9.30 Å². The van der Waals surface area contributed by atoms with Crippen molar-refractivity contribution in [2.24, 2.45) is 0 Å². The van der Waals surface area contributed by atoms with Crippen LogP contribution in [0.1, 0.15) is 22.3 Å². The van der Waals surface area contributed by atoms with Gasteiger partial charge in [-0.3, -0.25) is 0 Å². The monoisotopic (exact) mass is 849 g/mol. The molecule has 0 amide bonds. The molecule has 60 heavy (non-hydrogen) atoms. The van der Waals surface area contributed by atoms with Gasteiger partial charge in [-0.05, 0) is 0 Å². The third-order valence-electron chi connectivity index (χ3n) is 13.1. The van der Waals surface area contributed by atoms with Gasteiger partial charge in [-0.15, -0.1) is 0 Å². The van der Waals surface area contributed by atoms with E-state index >= 15 is 4.57 Å². The van der Waals surface area contributed by atoms with Gasteiger partial charge in [0.15, 0.2) is 0 Å². The zero-order valence-corrected chi connectivity index (χ0v) is 35.6. The number of hydrogen-bond acceptors (Lipinski definition) is 3. The zero-order chi connectivity index (χ0) is 39.9. The Morgan fingerprint density at radius 2 is 0.867 bits per heavy atom. The number of nitrogens with zero attached hydrogens (tertiary/aromatic N) is 1. The average Bonchev–Trinajstić information content (AvgIpc) is 3.32. The molecule has 3 heterocycles. The SMILES string of the molecule is O=P1(c2ccccc2)c2cccc[c]2[Ge]([c]2ccccc2)([c]2ccccc2)[c]2cc(N3c4ccccc4C4(c5ccccc5Oc5ccccc54)c4ccccc43)ccc21. The first kappa shape index (κ1) is 35.3. The molecule has 0 N–H and O–H groups in total. The van der Waals surface area contributed by atoms with E-state index in [2.05, 4.69) is 217 Å². The summed E-state index contributed by atoms with van der Waals surface area (Å²) < 4.78 is 28.3. The van der Waals surface area contributed by atoms with Crippen LogP contribution in [-0.4, -0.2) is 13.3 Å². The summed E-state index contributed by atoms with van der Waals surface area (Å²) in [5, 5.41) is 2.75. The van der Waals surface area contributed by atoms with Crippen molar-refractivity contribution in [1.82, 2.24) is 0 Å². The van der Waals surface area contributed by atoms with E-state index in [1.807, 2.05) is 18.2 Å². The van der Waals surface area contributed by atoms with Crippen LogP contribution in [0.2, 0.25) is 0 Å². The van der Waals surface area contributed by atoms with Crippen LogP contribution in [0.15, 0.2) is 231 Å². The Morgan fingerprint density at radius 3 is 1.45 bits per heavy atom. The molecule has 3 aliphatic heterocycles. The second-order valence-corrected chi connectivity index (χ2v) is 26.4. The Hall–Kier alpha value is -6.65. The molecule has 0 aromatic heterocycles. The normalized spacial score (nSPS) is 17.2. The second kappa shape index (κ2) is 13.4. The number of ether oxygens (including phenoxy) is 1. The Balaban J connectivity index is 1.20. The van der Waals surface area contributed by atoms with Crippen molar-refractivity contribution in [2.75, 3.05) is 4.90 Å². The number of hydrogen-bond donors (Lipinski definition) is 0. The molecule has 1 spiro atoms. The molecular formula is C55H38GeNO2P. The Morgan fingerprint density at radius 1 is 0.417 bits per heavy atom. The van der Waals surface area contributed by atoms with E-state index in [-0.39, 0.29) is 0 Å². The van der Waals surface area contributed by atoms with Gasteiger partial charge in [-0.2, -0.15) is 0 Å². The van der Waals surface area contributed by atoms with Crippen molar-refractivity contribution in [3.8, 4) is 11.5 Å². The van der Waals surface area contributed by atoms with E-state index in [0.717, 1.165) is 55.6 Å². The van der Waals surface area contributed by atoms with Gasteiger partial charge in [0.05, 0.1) is 0 Å². The standard InChI is InChI=1S/C55H38GeNO2P/c58-60(42-24-8-3-9-25-42)53-35-19-14-30-47(53)56(39-20-4-1-5-21-39,40-22-6-2-7-23-40)48-38-41(36-37-54(48)60)57-49-31-15-10-26-43(49)55(44-27-11-16-32-50(44)57)45-28-12-17-33-51(45)59-52-34-18-13-29-46(52)55/h1-38H. The van der Waals surface area contributed by atoms with Gasteiger partial charge in [-0.25, -0.2) is 0 Å². The number of para-hydroxylation sites is 4. The topological polar surface area (TPSA) is 29.5 Å². The fraction of sp³-hybridized carbons (Fsp3) is 0.0182. The van der Waals surface area contributed by atoms with Crippen LogP contribution in [0.25, 0.3) is 0 Å². The van der Waals surface area contributed by atoms with E-state index in [1.54, 1.807) is 0 Å². The number of benzene rings is 9. The summed E-state index contributed by atoms with van der Waals surface area (Å²) in [7, 11) is -3.34. The van der Waals surface area contributed by atoms with Gasteiger partial charge >= 0.3 is 355 Å². The van der Waals surface area contributed by atoms with Crippen molar-refractivity contribution in [3.63, 3.8) is 0 Å². The van der Waals surface area contributed by atoms with Crippen LogP contribution in [0.4, 0.5) is 17.1 Å². The summed E-state index contributed by atoms with van der Waals surface area (Å²) in [6, 6.07) is 82.6. The Labute approximate surface area is 353 Å². The quantitative estimate of drug-likeness (QED) is 0.131. The van der Waals surface area contributed by atoms with E-state index in [9.17, 15) is 0 Å². The predicted molar refractivity (Wildman–Crippen MR) is 250 cm³/mol. The predicted octanol–water partition coefficient (Wildman–Crippen LogP) is 9.29. The molecule has 284 valence electrons. The van der Waals surface area contributed by atoms with Crippen LogP contribution < -0.4 is 43.1 Å². The van der Waals surface area contributed by atoms with E-state index in [4.69, 9.17) is 4.74 Å². The van der Waals surface area contributed by atoms with Crippen LogP contribution in [0, 0.1) is 0 Å². The van der Waals surface area contributed by atoms with E-state index < -0.39 is 25.8 Å². The molecule has 9 aromatic carbocycles. The summed E-state index contributed by atoms with van der Waals surface area (Å²) in [4.78, 5) is 2.45. The molecule has 3 nitrogen and oxygen atoms in total. The maximum atomic E-state index is 16.6. The molecule has 1 atom stereocenters. The second-order valence-electron chi connectivity index (χ2n) is 15.9. The van der Waals surface area contributed by atoms with Gasteiger partial charge in [0.25, 0.3) is 0 Å². The van der Waals surface area contributed by atoms with Crippen LogP contribution >= 0.6 is 7.14 Å². The first-order valence-electron chi connectivity index (χ1n) is 20.5. The molecule has 0 aliphatic carbocycles. The molecule has 0 saturated heterocycles. The molecular weight excluding hydrogens is 810 g/mol. The van der Waals surface area contributed by atoms with Gasteiger partial charge in [0.1, 0.15) is 0 Å². The van der Waals surface area contributed by atoms with Crippen LogP contribution in [0.5, 0.6) is 11.5 Å². The van der Waals surface area contributed by atoms with E-state index in [0.29, 0.717) is 0 Å². The molecule has 1 unspecified atom stereocenters.